The van der Waals surface area contributed by atoms with Crippen molar-refractivity contribution < 1.29 is 44.9 Å². The minimum atomic E-state index is -1.74. The zero-order chi connectivity index (χ0) is 24.9. The van der Waals surface area contributed by atoms with E-state index < -0.39 is 49.4 Å². The zero-order valence-electron chi connectivity index (χ0n) is 19.3. The monoisotopic (exact) mass is 466 g/mol. The van der Waals surface area contributed by atoms with Crippen molar-refractivity contribution in [1.82, 2.24) is 0 Å². The van der Waals surface area contributed by atoms with Gasteiger partial charge in [-0.2, -0.15) is 0 Å². The molecule has 1 fully saturated rings. The number of carbonyl (C=O) groups is 1. The largest absolute Gasteiger partial charge is 0.479 e. The number of carboxylic acids is 1. The number of allylic oxidation sites excluding steroid dienone is 4. The molecule has 9 nitrogen and oxygen atoms in total. The summed E-state index contributed by atoms with van der Waals surface area (Å²) >= 11 is 0. The Kier molecular flexibility index (Phi) is 9.59. The number of hydrogen-bond donors (Lipinski definition) is 6. The Morgan fingerprint density at radius 3 is 1.94 bits per heavy atom. The van der Waals surface area contributed by atoms with Crippen molar-refractivity contribution in [2.24, 2.45) is 0 Å². The van der Waals surface area contributed by atoms with Crippen LogP contribution in [0.2, 0.25) is 0 Å². The van der Waals surface area contributed by atoms with Crippen molar-refractivity contribution in [3.63, 3.8) is 0 Å². The van der Waals surface area contributed by atoms with E-state index in [0.717, 1.165) is 11.1 Å². The van der Waals surface area contributed by atoms with Crippen LogP contribution in [0.15, 0.2) is 35.4 Å². The maximum atomic E-state index is 11.6. The number of aliphatic hydroxyl groups excluding tert-OH is 5. The average molecular weight is 467 g/mol. The highest BCUT2D eigenvalue weighted by Gasteiger charge is 2.44. The normalized spacial score (nSPS) is 25.8. The third kappa shape index (κ3) is 6.86. The molecule has 0 aromatic heterocycles. The van der Waals surface area contributed by atoms with Gasteiger partial charge >= 0.3 is 5.97 Å². The van der Waals surface area contributed by atoms with E-state index in [9.17, 15) is 35.4 Å². The molecule has 2 rings (SSSR count). The van der Waals surface area contributed by atoms with Gasteiger partial charge in [-0.05, 0) is 69.4 Å². The molecule has 1 saturated heterocycles. The van der Waals surface area contributed by atoms with Crippen LogP contribution >= 0.6 is 0 Å². The van der Waals surface area contributed by atoms with Gasteiger partial charge in [0.2, 0.25) is 6.29 Å². The summed E-state index contributed by atoms with van der Waals surface area (Å²) in [5, 5.41) is 59.6. The first-order chi connectivity index (χ1) is 15.5. The molecular formula is C24H34O9. The van der Waals surface area contributed by atoms with Gasteiger partial charge in [-0.1, -0.05) is 23.3 Å². The number of ether oxygens (including phenoxy) is 2. The molecule has 33 heavy (non-hydrogen) atoms. The van der Waals surface area contributed by atoms with Gasteiger partial charge in [-0.3, -0.25) is 0 Å². The molecule has 1 heterocycles. The summed E-state index contributed by atoms with van der Waals surface area (Å²) in [6.07, 6.45) is -4.53. The number of aliphatic hydroxyl groups is 5. The second-order valence-corrected chi connectivity index (χ2v) is 8.68. The first-order valence-electron chi connectivity index (χ1n) is 10.8. The molecule has 1 aromatic carbocycles. The molecule has 6 atom stereocenters. The third-order valence-electron chi connectivity index (χ3n) is 5.39. The lowest BCUT2D eigenvalue weighted by atomic mass is 9.91. The summed E-state index contributed by atoms with van der Waals surface area (Å²) in [5.74, 6) is -1.16. The highest BCUT2D eigenvalue weighted by Crippen LogP contribution is 2.32. The number of benzene rings is 1. The van der Waals surface area contributed by atoms with Crippen LogP contribution in [0.25, 0.3) is 0 Å². The number of hydrogen-bond acceptors (Lipinski definition) is 8. The van der Waals surface area contributed by atoms with E-state index in [4.69, 9.17) is 9.47 Å². The summed E-state index contributed by atoms with van der Waals surface area (Å²) in [7, 11) is 0. The molecule has 184 valence electrons. The molecule has 1 aliphatic rings. The van der Waals surface area contributed by atoms with E-state index in [-0.39, 0.29) is 11.3 Å². The molecule has 0 saturated carbocycles. The van der Waals surface area contributed by atoms with Crippen LogP contribution in [0.1, 0.15) is 50.5 Å². The molecule has 9 heteroatoms. The van der Waals surface area contributed by atoms with Crippen LogP contribution in [-0.4, -0.2) is 73.9 Å². The summed E-state index contributed by atoms with van der Waals surface area (Å²) in [4.78, 5) is 11.6. The maximum absolute atomic E-state index is 11.6. The van der Waals surface area contributed by atoms with Crippen molar-refractivity contribution in [1.29, 1.82) is 0 Å². The average Bonchev–Trinajstić information content (AvgIpc) is 2.75. The minimum Gasteiger partial charge on any atom is -0.479 e. The Morgan fingerprint density at radius 1 is 1.00 bits per heavy atom. The fraction of sp³-hybridized carbons (Fsp3) is 0.542. The molecular weight excluding hydrogens is 432 g/mol. The van der Waals surface area contributed by atoms with Gasteiger partial charge in [0.15, 0.2) is 6.10 Å². The van der Waals surface area contributed by atoms with Crippen LogP contribution < -0.4 is 4.74 Å². The lowest BCUT2D eigenvalue weighted by Crippen LogP contribution is -2.60. The fourth-order valence-electron chi connectivity index (χ4n) is 3.55. The highest BCUT2D eigenvalue weighted by atomic mass is 16.7. The number of aliphatic carboxylic acids is 1. The van der Waals surface area contributed by atoms with Gasteiger partial charge in [-0.25, -0.2) is 4.79 Å². The van der Waals surface area contributed by atoms with Crippen molar-refractivity contribution in [2.75, 3.05) is 6.61 Å². The predicted octanol–water partition coefficient (Wildman–Crippen LogP) is 1.00. The molecule has 0 unspecified atom stereocenters. The molecule has 0 radical (unpaired) electrons. The SMILES string of the molecule is CC(C)=CCc1cc(O[C@H]2O[C@H](CO)[C@@H](O)[C@H](O)[C@H]2O)cc(CC=C(C)C)c1[C@@H](O)C(=O)O. The minimum absolute atomic E-state index is 0.218. The summed E-state index contributed by atoms with van der Waals surface area (Å²) < 4.78 is 11.2. The first-order valence-corrected chi connectivity index (χ1v) is 10.8. The van der Waals surface area contributed by atoms with Crippen molar-refractivity contribution in [3.05, 3.63) is 52.1 Å². The molecule has 0 bridgehead atoms. The zero-order valence-corrected chi connectivity index (χ0v) is 19.3. The Morgan fingerprint density at radius 2 is 1.52 bits per heavy atom. The Hall–Kier alpha value is -2.27. The topological polar surface area (TPSA) is 157 Å². The van der Waals surface area contributed by atoms with Crippen molar-refractivity contribution >= 4 is 5.97 Å². The van der Waals surface area contributed by atoms with Crippen molar-refractivity contribution in [3.8, 4) is 5.75 Å². The Bertz CT molecular complexity index is 841. The van der Waals surface area contributed by atoms with E-state index in [0.29, 0.717) is 24.0 Å². The molecule has 6 N–H and O–H groups in total. The summed E-state index contributed by atoms with van der Waals surface area (Å²) in [5.41, 5.74) is 3.29. The quantitative estimate of drug-likeness (QED) is 0.292. The van der Waals surface area contributed by atoms with Crippen molar-refractivity contribution in [2.45, 2.75) is 77.3 Å². The predicted molar refractivity (Wildman–Crippen MR) is 120 cm³/mol. The smallest absolute Gasteiger partial charge is 0.337 e. The Labute approximate surface area is 193 Å². The molecule has 0 aliphatic carbocycles. The van der Waals surface area contributed by atoms with Crippen LogP contribution in [0.5, 0.6) is 5.75 Å². The van der Waals surface area contributed by atoms with Gasteiger partial charge in [0, 0.05) is 0 Å². The molecule has 1 aromatic rings. The van der Waals surface area contributed by atoms with Gasteiger partial charge in [0.1, 0.15) is 30.2 Å². The van der Waals surface area contributed by atoms with E-state index in [1.54, 1.807) is 12.1 Å². The van der Waals surface area contributed by atoms with E-state index in [1.807, 2.05) is 39.8 Å². The molecule has 1 aliphatic heterocycles. The Balaban J connectivity index is 2.54. The summed E-state index contributed by atoms with van der Waals surface area (Å²) in [6.45, 7) is 6.99. The standard InChI is InChI=1S/C24H34O9/c1-12(2)5-7-14-9-16(32-24-22(29)21(28)19(26)17(11-25)33-24)10-15(8-6-13(3)4)18(14)20(27)23(30)31/h5-6,9-10,17,19-22,24-29H,7-8,11H2,1-4H3,(H,30,31)/t17-,19-,20-,21+,22-,24+/m1/s1. The lowest BCUT2D eigenvalue weighted by Gasteiger charge is -2.39. The molecule has 0 spiro atoms. The second-order valence-electron chi connectivity index (χ2n) is 8.68. The van der Waals surface area contributed by atoms with Crippen LogP contribution in [0, 0.1) is 0 Å². The number of rotatable bonds is 9. The van der Waals surface area contributed by atoms with Crippen LogP contribution in [0.3, 0.4) is 0 Å². The van der Waals surface area contributed by atoms with Gasteiger partial charge in [-0.15, -0.1) is 0 Å². The van der Waals surface area contributed by atoms with Gasteiger partial charge in [0.25, 0.3) is 0 Å². The maximum Gasteiger partial charge on any atom is 0.337 e. The van der Waals surface area contributed by atoms with E-state index in [1.165, 1.54) is 0 Å². The second kappa shape index (κ2) is 11.7. The third-order valence-corrected chi connectivity index (χ3v) is 5.39. The lowest BCUT2D eigenvalue weighted by molar-refractivity contribution is -0.277. The molecule has 0 amide bonds. The van der Waals surface area contributed by atoms with Gasteiger partial charge < -0.3 is 40.1 Å². The fourth-order valence-corrected chi connectivity index (χ4v) is 3.55. The first kappa shape index (κ1) is 27.0. The highest BCUT2D eigenvalue weighted by molar-refractivity contribution is 5.75. The van der Waals surface area contributed by atoms with Crippen LogP contribution in [-0.2, 0) is 22.4 Å². The van der Waals surface area contributed by atoms with Gasteiger partial charge in [0.05, 0.1) is 6.61 Å². The summed E-state index contributed by atoms with van der Waals surface area (Å²) in [6, 6.07) is 3.10. The van der Waals surface area contributed by atoms with Crippen LogP contribution in [0.4, 0.5) is 0 Å². The number of carboxylic acid groups (broad SMARTS) is 1. The van der Waals surface area contributed by atoms with E-state index >= 15 is 0 Å². The van der Waals surface area contributed by atoms with E-state index in [2.05, 4.69) is 0 Å².